The molecule has 5 heterocycles. The summed E-state index contributed by atoms with van der Waals surface area (Å²) in [6, 6.07) is 3.64. The summed E-state index contributed by atoms with van der Waals surface area (Å²) < 4.78 is 0. The van der Waals surface area contributed by atoms with Gasteiger partial charge < -0.3 is 51.3 Å². The number of carboxylic acid groups (broad SMARTS) is 4. The molecule has 8 bridgehead atoms. The number of hydrogen-bond acceptors (Lipinski definition) is 11. The van der Waals surface area contributed by atoms with Crippen LogP contribution >= 0.6 is 0 Å². The number of allylic oxidation sites excluding steroid dienone is 3. The molecule has 10 N–H and O–H groups in total. The second-order valence-electron chi connectivity index (χ2n) is 15.1. The van der Waals surface area contributed by atoms with Crippen LogP contribution in [-0.4, -0.2) is 105 Å². The number of aromatic amines is 2. The van der Waals surface area contributed by atoms with Crippen molar-refractivity contribution in [2.45, 2.75) is 89.8 Å². The second-order valence-corrected chi connectivity index (χ2v) is 15.1. The van der Waals surface area contributed by atoms with E-state index in [1.54, 1.807) is 57.2 Å². The lowest BCUT2D eigenvalue weighted by Gasteiger charge is -2.23. The Labute approximate surface area is 353 Å². The molecule has 4 unspecified atom stereocenters. The average Bonchev–Trinajstić information content (AvgIpc) is 3.83. The number of amides is 2. The fourth-order valence-corrected chi connectivity index (χ4v) is 7.52. The molecule has 3 aromatic heterocycles. The van der Waals surface area contributed by atoms with Crippen molar-refractivity contribution < 1.29 is 59.5 Å². The molecule has 2 amide bonds. The number of carbonyl (C=O) groups is 6. The summed E-state index contributed by atoms with van der Waals surface area (Å²) in [4.78, 5) is 88.7. The largest absolute Gasteiger partial charge is 0.481 e. The van der Waals surface area contributed by atoms with Crippen LogP contribution in [0.3, 0.4) is 0 Å². The summed E-state index contributed by atoms with van der Waals surface area (Å²) in [5, 5.41) is 66.1. The van der Waals surface area contributed by atoms with E-state index in [1.807, 2.05) is 6.92 Å². The van der Waals surface area contributed by atoms with Gasteiger partial charge in [0.2, 0.25) is 11.8 Å². The fourth-order valence-electron chi connectivity index (χ4n) is 7.52. The number of aromatic nitrogens is 4. The number of aliphatic carboxylic acids is 4. The third-order valence-corrected chi connectivity index (χ3v) is 10.9. The van der Waals surface area contributed by atoms with E-state index in [4.69, 9.17) is 25.4 Å². The van der Waals surface area contributed by atoms with Gasteiger partial charge in [-0.1, -0.05) is 23.9 Å². The Kier molecular flexibility index (Phi) is 13.9. The highest BCUT2D eigenvalue weighted by atomic mass is 16.4. The lowest BCUT2D eigenvalue weighted by Crippen LogP contribution is -2.42. The minimum atomic E-state index is -1.66. The predicted molar refractivity (Wildman–Crippen MR) is 226 cm³/mol. The maximum atomic E-state index is 13.1. The van der Waals surface area contributed by atoms with Gasteiger partial charge in [-0.2, -0.15) is 0 Å². The Morgan fingerprint density at radius 1 is 0.806 bits per heavy atom. The molecule has 62 heavy (non-hydrogen) atoms. The first kappa shape index (κ1) is 45.7. The zero-order valence-corrected chi connectivity index (χ0v) is 34.3. The number of oxime groups is 1. The highest BCUT2D eigenvalue weighted by Gasteiger charge is 2.40. The van der Waals surface area contributed by atoms with Gasteiger partial charge in [-0.05, 0) is 98.7 Å². The summed E-state index contributed by atoms with van der Waals surface area (Å²) in [5.41, 5.74) is 6.23. The molecular weight excluding hydrogens is 807 g/mol. The first-order chi connectivity index (χ1) is 29.2. The van der Waals surface area contributed by atoms with Crippen LogP contribution in [0.1, 0.15) is 96.9 Å². The summed E-state index contributed by atoms with van der Waals surface area (Å²) in [6.07, 6.45) is 3.88. The molecule has 0 aromatic carbocycles. The number of fused-ring (bicyclic) bond motifs is 8. The number of hydrogen-bond donors (Lipinski definition) is 10. The van der Waals surface area contributed by atoms with Crippen molar-refractivity contribution in [2.24, 2.45) is 5.16 Å². The molecule has 0 saturated carbocycles. The number of nitrogens with one attached hydrogen (secondary N) is 4. The molecular formula is C43H47N7O12. The molecule has 0 spiro atoms. The van der Waals surface area contributed by atoms with E-state index in [0.29, 0.717) is 61.4 Å². The molecule has 19 nitrogen and oxygen atoms in total. The Balaban J connectivity index is 1.76. The summed E-state index contributed by atoms with van der Waals surface area (Å²) in [6.45, 7) is 11.1. The number of rotatable bonds is 17. The second kappa shape index (κ2) is 18.9. The first-order valence-electron chi connectivity index (χ1n) is 19.4. The molecule has 0 fully saturated rings. The topological polar surface area (TPSA) is 318 Å². The van der Waals surface area contributed by atoms with Crippen molar-refractivity contribution in [1.82, 2.24) is 30.6 Å². The van der Waals surface area contributed by atoms with Crippen LogP contribution in [0, 0.1) is 13.8 Å². The molecule has 0 radical (unpaired) electrons. The van der Waals surface area contributed by atoms with E-state index < -0.39 is 72.1 Å². The van der Waals surface area contributed by atoms with Gasteiger partial charge in [-0.3, -0.25) is 24.2 Å². The van der Waals surface area contributed by atoms with Crippen molar-refractivity contribution in [3.63, 3.8) is 0 Å². The predicted octanol–water partition coefficient (Wildman–Crippen LogP) is 4.31. The van der Waals surface area contributed by atoms with Gasteiger partial charge in [0.1, 0.15) is 17.7 Å². The smallest absolute Gasteiger partial charge is 0.326 e. The van der Waals surface area contributed by atoms with E-state index >= 15 is 0 Å². The zero-order chi connectivity index (χ0) is 45.6. The monoisotopic (exact) mass is 853 g/mol. The molecule has 326 valence electrons. The van der Waals surface area contributed by atoms with Crippen LogP contribution in [0.15, 0.2) is 48.2 Å². The van der Waals surface area contributed by atoms with Crippen molar-refractivity contribution in [1.29, 1.82) is 0 Å². The molecule has 3 aromatic rings. The molecule has 0 aliphatic carbocycles. The van der Waals surface area contributed by atoms with Crippen molar-refractivity contribution in [3.8, 4) is 0 Å². The quantitative estimate of drug-likeness (QED) is 0.0514. The SMILES string of the molecule is C=Cc1c(C)c2cc3nc(cc4[nH]c(cc5nc(cc1[nH]2)C(C)=C5CCC(=O)NC(CC(=O)O)C(=O)O)c(CCC(=O)NC(CC(=O)O)C(=O)O)c4C)C(C)(O)C3/C=C/C=N\O. The number of aryl methyl sites for hydroxylation is 3. The number of carboxylic acids is 4. The number of aliphatic hydroxyl groups is 1. The van der Waals surface area contributed by atoms with Crippen LogP contribution < -0.4 is 10.6 Å². The van der Waals surface area contributed by atoms with Gasteiger partial charge in [-0.25, -0.2) is 14.6 Å². The number of nitrogens with zero attached hydrogens (tertiary/aromatic N) is 3. The number of H-pyrrole nitrogens is 2. The maximum Gasteiger partial charge on any atom is 0.326 e. The van der Waals surface area contributed by atoms with E-state index in [-0.39, 0.29) is 31.4 Å². The van der Waals surface area contributed by atoms with E-state index in [2.05, 4.69) is 32.3 Å². The van der Waals surface area contributed by atoms with Crippen LogP contribution in [0.2, 0.25) is 0 Å². The van der Waals surface area contributed by atoms with Gasteiger partial charge in [-0.15, -0.1) is 0 Å². The highest BCUT2D eigenvalue weighted by molar-refractivity contribution is 5.95. The Morgan fingerprint density at radius 3 is 1.94 bits per heavy atom. The van der Waals surface area contributed by atoms with Gasteiger partial charge in [0.15, 0.2) is 0 Å². The molecule has 19 heteroatoms. The fraction of sp³-hybridized carbons (Fsp3) is 0.326. The summed E-state index contributed by atoms with van der Waals surface area (Å²) in [7, 11) is 0. The van der Waals surface area contributed by atoms with Crippen molar-refractivity contribution in [3.05, 3.63) is 88.0 Å². The van der Waals surface area contributed by atoms with Gasteiger partial charge in [0, 0.05) is 40.5 Å². The standard InChI is InChI=1S/C43H47N7O12/c1-6-23-20(2)28-15-33-26(8-7-13-44-62)43(5,61)36(48-33)17-29-22(4)25(10-12-38(52)50-35(42(59)60)19-40(55)56)32(47-29)16-31-24(21(3)27(46-31)14-30(23)45-28)9-11-37(51)49-34(41(57)58)18-39(53)54/h6-8,13-17,26,34-35,45,47,61-62H,1,9-12,18-19H2,2-5H3,(H,49,51)(H,50,52)(H,53,54)(H,55,56)(H,57,58)(H,59,60)/b8-7+,27-14?,28-15?,29-17?,30-14?,31-16?,32-16?,33-15?,36-17?,44-13-. The molecule has 2 aliphatic rings. The molecule has 2 aliphatic heterocycles. The number of carbonyl (C=O) groups excluding carboxylic acids is 2. The van der Waals surface area contributed by atoms with Gasteiger partial charge >= 0.3 is 23.9 Å². The average molecular weight is 854 g/mol. The normalized spacial score (nSPS) is 17.2. The highest BCUT2D eigenvalue weighted by Crippen LogP contribution is 2.42. The third-order valence-electron chi connectivity index (χ3n) is 10.9. The molecule has 0 saturated heterocycles. The lowest BCUT2D eigenvalue weighted by molar-refractivity contribution is -0.147. The van der Waals surface area contributed by atoms with Crippen molar-refractivity contribution >= 4 is 81.2 Å². The summed E-state index contributed by atoms with van der Waals surface area (Å²) in [5.74, 6) is -7.98. The zero-order valence-electron chi connectivity index (χ0n) is 34.3. The molecule has 5 rings (SSSR count). The lowest BCUT2D eigenvalue weighted by atomic mass is 9.86. The van der Waals surface area contributed by atoms with E-state index in [9.17, 15) is 44.1 Å². The molecule has 4 atom stereocenters. The van der Waals surface area contributed by atoms with Gasteiger partial charge in [0.05, 0.1) is 47.7 Å². The summed E-state index contributed by atoms with van der Waals surface area (Å²) >= 11 is 0. The van der Waals surface area contributed by atoms with E-state index in [0.717, 1.165) is 17.3 Å². The van der Waals surface area contributed by atoms with Crippen LogP contribution in [-0.2, 0) is 40.8 Å². The first-order valence-corrected chi connectivity index (χ1v) is 19.4. The van der Waals surface area contributed by atoms with Crippen LogP contribution in [0.5, 0.6) is 0 Å². The van der Waals surface area contributed by atoms with E-state index in [1.165, 1.54) is 6.08 Å². The van der Waals surface area contributed by atoms with Gasteiger partial charge in [0.25, 0.3) is 0 Å². The Hall–Kier alpha value is -7.41. The van der Waals surface area contributed by atoms with Crippen LogP contribution in [0.4, 0.5) is 0 Å². The minimum Gasteiger partial charge on any atom is -0.481 e. The Bertz CT molecular complexity index is 2620. The maximum absolute atomic E-state index is 13.1. The van der Waals surface area contributed by atoms with Crippen molar-refractivity contribution in [2.75, 3.05) is 0 Å². The van der Waals surface area contributed by atoms with Crippen LogP contribution in [0.25, 0.3) is 39.3 Å². The third kappa shape index (κ3) is 10.1. The Morgan fingerprint density at radius 2 is 1.37 bits per heavy atom. The minimum absolute atomic E-state index is 0.0244.